The van der Waals surface area contributed by atoms with Crippen molar-refractivity contribution in [2.24, 2.45) is 0 Å². The number of carbonyl (C=O) groups is 2. The standard InChI is InChI=1S/C32H33N7O2/c1-21-10-16-25(17-11-21)38-28(18-27(37-38)32(2,3)4)36-30(40)23-14-12-22(13-15-23)19-34-31(41)26-20-35-39(29(26)33)24-8-6-5-7-9-24/h5-18,20H,19,33H2,1-4H3,(H,34,41)(H,36,40). The molecule has 0 aliphatic rings. The first-order valence-corrected chi connectivity index (χ1v) is 13.3. The Morgan fingerprint density at radius 1 is 0.854 bits per heavy atom. The second-order valence-electron chi connectivity index (χ2n) is 10.9. The highest BCUT2D eigenvalue weighted by molar-refractivity contribution is 6.04. The summed E-state index contributed by atoms with van der Waals surface area (Å²) in [5.41, 5.74) is 11.3. The largest absolute Gasteiger partial charge is 0.383 e. The first kappa shape index (κ1) is 27.4. The molecule has 0 spiro atoms. The molecule has 2 amide bonds. The van der Waals surface area contributed by atoms with Crippen LogP contribution >= 0.6 is 0 Å². The molecule has 0 bridgehead atoms. The Bertz CT molecular complexity index is 1680. The number of amides is 2. The first-order chi connectivity index (χ1) is 19.6. The minimum Gasteiger partial charge on any atom is -0.383 e. The van der Waals surface area contributed by atoms with Crippen molar-refractivity contribution in [3.8, 4) is 11.4 Å². The molecule has 208 valence electrons. The Morgan fingerprint density at radius 2 is 1.51 bits per heavy atom. The average molecular weight is 548 g/mol. The third-order valence-electron chi connectivity index (χ3n) is 6.72. The van der Waals surface area contributed by atoms with Crippen molar-refractivity contribution in [3.63, 3.8) is 0 Å². The predicted octanol–water partition coefficient (Wildman–Crippen LogP) is 5.43. The Labute approximate surface area is 239 Å². The Balaban J connectivity index is 1.26. The number of nitrogen functional groups attached to an aromatic ring is 1. The van der Waals surface area contributed by atoms with Crippen LogP contribution in [0.2, 0.25) is 0 Å². The van der Waals surface area contributed by atoms with Gasteiger partial charge in [-0.15, -0.1) is 0 Å². The van der Waals surface area contributed by atoms with E-state index in [1.165, 1.54) is 10.9 Å². The summed E-state index contributed by atoms with van der Waals surface area (Å²) in [6.07, 6.45) is 1.46. The highest BCUT2D eigenvalue weighted by Crippen LogP contribution is 2.27. The fourth-order valence-electron chi connectivity index (χ4n) is 4.27. The molecular weight excluding hydrogens is 514 g/mol. The number of nitrogens with two attached hydrogens (primary N) is 1. The summed E-state index contributed by atoms with van der Waals surface area (Å²) in [6, 6.07) is 26.4. The maximum absolute atomic E-state index is 13.2. The highest BCUT2D eigenvalue weighted by Gasteiger charge is 2.22. The molecule has 0 fully saturated rings. The Kier molecular flexibility index (Phi) is 7.43. The van der Waals surface area contributed by atoms with Gasteiger partial charge in [0.25, 0.3) is 11.8 Å². The van der Waals surface area contributed by atoms with E-state index in [9.17, 15) is 9.59 Å². The molecule has 5 aromatic rings. The molecule has 5 rings (SSSR count). The monoisotopic (exact) mass is 547 g/mol. The summed E-state index contributed by atoms with van der Waals surface area (Å²) in [5, 5.41) is 14.9. The average Bonchev–Trinajstić information content (AvgIpc) is 3.57. The molecular formula is C32H33N7O2. The molecule has 41 heavy (non-hydrogen) atoms. The fourth-order valence-corrected chi connectivity index (χ4v) is 4.27. The summed E-state index contributed by atoms with van der Waals surface area (Å²) in [4.78, 5) is 26.0. The van der Waals surface area contributed by atoms with Crippen LogP contribution in [0.1, 0.15) is 58.3 Å². The van der Waals surface area contributed by atoms with E-state index in [1.54, 1.807) is 16.8 Å². The molecule has 0 unspecified atom stereocenters. The van der Waals surface area contributed by atoms with Crippen LogP contribution in [0.5, 0.6) is 0 Å². The van der Waals surface area contributed by atoms with Crippen LogP contribution < -0.4 is 16.4 Å². The normalized spacial score (nSPS) is 11.3. The van der Waals surface area contributed by atoms with Gasteiger partial charge in [0.1, 0.15) is 17.2 Å². The SMILES string of the molecule is Cc1ccc(-n2nc(C(C)(C)C)cc2NC(=O)c2ccc(CNC(=O)c3cnn(-c4ccccc4)c3N)cc2)cc1. The van der Waals surface area contributed by atoms with Gasteiger partial charge in [-0.25, -0.2) is 9.36 Å². The van der Waals surface area contributed by atoms with Crippen LogP contribution in [0.3, 0.4) is 0 Å². The number of nitrogens with one attached hydrogen (secondary N) is 2. The molecule has 4 N–H and O–H groups in total. The minimum atomic E-state index is -0.328. The molecule has 0 aliphatic carbocycles. The number of hydrogen-bond acceptors (Lipinski definition) is 5. The third-order valence-corrected chi connectivity index (χ3v) is 6.72. The van der Waals surface area contributed by atoms with E-state index in [1.807, 2.05) is 79.7 Å². The van der Waals surface area contributed by atoms with Gasteiger partial charge < -0.3 is 16.4 Å². The van der Waals surface area contributed by atoms with Crippen molar-refractivity contribution in [2.75, 3.05) is 11.1 Å². The van der Waals surface area contributed by atoms with Gasteiger partial charge in [-0.2, -0.15) is 10.2 Å². The molecule has 2 aromatic heterocycles. The number of aryl methyl sites for hydroxylation is 1. The van der Waals surface area contributed by atoms with E-state index in [0.717, 1.165) is 28.2 Å². The molecule has 0 saturated carbocycles. The summed E-state index contributed by atoms with van der Waals surface area (Å²) in [7, 11) is 0. The zero-order valence-electron chi connectivity index (χ0n) is 23.6. The molecule has 9 heteroatoms. The number of anilines is 2. The zero-order valence-corrected chi connectivity index (χ0v) is 23.6. The molecule has 2 heterocycles. The molecule has 0 atom stereocenters. The summed E-state index contributed by atoms with van der Waals surface area (Å²) >= 11 is 0. The number of para-hydroxylation sites is 1. The number of hydrogen-bond donors (Lipinski definition) is 3. The fraction of sp³-hybridized carbons (Fsp3) is 0.188. The smallest absolute Gasteiger partial charge is 0.256 e. The van der Waals surface area contributed by atoms with Crippen molar-refractivity contribution in [2.45, 2.75) is 39.7 Å². The number of nitrogens with zero attached hydrogens (tertiary/aromatic N) is 4. The lowest BCUT2D eigenvalue weighted by atomic mass is 9.92. The summed E-state index contributed by atoms with van der Waals surface area (Å²) in [5.74, 6) is 0.273. The van der Waals surface area contributed by atoms with Crippen LogP contribution in [0.4, 0.5) is 11.6 Å². The van der Waals surface area contributed by atoms with Crippen LogP contribution in [-0.2, 0) is 12.0 Å². The van der Waals surface area contributed by atoms with Crippen LogP contribution in [0, 0.1) is 6.92 Å². The number of carbonyl (C=O) groups excluding carboxylic acids is 2. The van der Waals surface area contributed by atoms with Crippen molar-refractivity contribution < 1.29 is 9.59 Å². The second kappa shape index (κ2) is 11.1. The van der Waals surface area contributed by atoms with Gasteiger partial charge in [0.05, 0.1) is 23.3 Å². The van der Waals surface area contributed by atoms with Gasteiger partial charge in [-0.05, 0) is 48.9 Å². The van der Waals surface area contributed by atoms with Crippen LogP contribution in [0.15, 0.2) is 91.1 Å². The second-order valence-corrected chi connectivity index (χ2v) is 10.9. The Morgan fingerprint density at radius 3 is 2.17 bits per heavy atom. The van der Waals surface area contributed by atoms with E-state index >= 15 is 0 Å². The number of rotatable bonds is 7. The maximum Gasteiger partial charge on any atom is 0.256 e. The van der Waals surface area contributed by atoms with Crippen molar-refractivity contribution in [3.05, 3.63) is 119 Å². The van der Waals surface area contributed by atoms with Gasteiger partial charge in [-0.3, -0.25) is 9.59 Å². The zero-order chi connectivity index (χ0) is 29.1. The first-order valence-electron chi connectivity index (χ1n) is 13.3. The van der Waals surface area contributed by atoms with Gasteiger partial charge >= 0.3 is 0 Å². The quantitative estimate of drug-likeness (QED) is 0.251. The van der Waals surface area contributed by atoms with Crippen molar-refractivity contribution in [1.29, 1.82) is 0 Å². The van der Waals surface area contributed by atoms with Gasteiger partial charge in [0, 0.05) is 23.6 Å². The number of benzene rings is 3. The highest BCUT2D eigenvalue weighted by atomic mass is 16.2. The lowest BCUT2D eigenvalue weighted by molar-refractivity contribution is 0.0950. The number of aromatic nitrogens is 4. The Hall–Kier alpha value is -5.18. The molecule has 0 radical (unpaired) electrons. The van der Waals surface area contributed by atoms with E-state index < -0.39 is 0 Å². The molecule has 9 nitrogen and oxygen atoms in total. The van der Waals surface area contributed by atoms with Crippen LogP contribution in [0.25, 0.3) is 11.4 Å². The third kappa shape index (κ3) is 6.04. The van der Waals surface area contributed by atoms with Crippen LogP contribution in [-0.4, -0.2) is 31.4 Å². The van der Waals surface area contributed by atoms with E-state index in [0.29, 0.717) is 16.9 Å². The molecule has 0 aliphatic heterocycles. The minimum absolute atomic E-state index is 0.188. The lowest BCUT2D eigenvalue weighted by Crippen LogP contribution is -2.23. The lowest BCUT2D eigenvalue weighted by Gasteiger charge is -2.14. The summed E-state index contributed by atoms with van der Waals surface area (Å²) < 4.78 is 3.28. The van der Waals surface area contributed by atoms with Gasteiger partial charge in [0.2, 0.25) is 0 Å². The topological polar surface area (TPSA) is 120 Å². The molecule has 3 aromatic carbocycles. The molecule has 0 saturated heterocycles. The van der Waals surface area contributed by atoms with E-state index in [2.05, 4.69) is 36.5 Å². The summed E-state index contributed by atoms with van der Waals surface area (Å²) in [6.45, 7) is 8.55. The van der Waals surface area contributed by atoms with Gasteiger partial charge in [-0.1, -0.05) is 68.8 Å². The van der Waals surface area contributed by atoms with E-state index in [4.69, 9.17) is 10.8 Å². The predicted molar refractivity (Wildman–Crippen MR) is 161 cm³/mol. The van der Waals surface area contributed by atoms with E-state index in [-0.39, 0.29) is 29.6 Å². The van der Waals surface area contributed by atoms with Gasteiger partial charge in [0.15, 0.2) is 0 Å². The maximum atomic E-state index is 13.2. The van der Waals surface area contributed by atoms with Crippen molar-refractivity contribution in [1.82, 2.24) is 24.9 Å². The van der Waals surface area contributed by atoms with Crippen molar-refractivity contribution >= 4 is 23.5 Å².